The van der Waals surface area contributed by atoms with Crippen molar-refractivity contribution in [1.29, 1.82) is 0 Å². The second-order valence-corrected chi connectivity index (χ2v) is 8.51. The highest BCUT2D eigenvalue weighted by molar-refractivity contribution is 7.40. The maximum Gasteiger partial charge on any atom is 0.337 e. The second-order valence-electron chi connectivity index (χ2n) is 6.73. The monoisotopic (exact) mass is 394 g/mol. The molecular weight excluding hydrogens is 359 g/mol. The van der Waals surface area contributed by atoms with Gasteiger partial charge in [-0.1, -0.05) is 0 Å². The van der Waals surface area contributed by atoms with Gasteiger partial charge in [-0.15, -0.1) is 8.58 Å². The van der Waals surface area contributed by atoms with Crippen LogP contribution in [0.3, 0.4) is 0 Å². The Balaban J connectivity index is 3.96. The van der Waals surface area contributed by atoms with Crippen LogP contribution in [0.15, 0.2) is 0 Å². The quantitative estimate of drug-likeness (QED) is 0.274. The minimum absolute atomic E-state index is 0.0228. The lowest BCUT2D eigenvalue weighted by atomic mass is 10.1. The summed E-state index contributed by atoms with van der Waals surface area (Å²) in [5.74, 6) is -0.709. The fourth-order valence-electron chi connectivity index (χ4n) is 1.89. The van der Waals surface area contributed by atoms with E-state index in [-0.39, 0.29) is 30.9 Å². The molecule has 0 aromatic carbocycles. The van der Waals surface area contributed by atoms with E-state index >= 15 is 0 Å². The van der Waals surface area contributed by atoms with E-state index in [0.717, 1.165) is 12.6 Å². The molecule has 26 heavy (non-hydrogen) atoms. The highest BCUT2D eigenvalue weighted by Crippen LogP contribution is 2.22. The third kappa shape index (κ3) is 11.8. The number of aliphatic hydroxyl groups is 1. The third-order valence-corrected chi connectivity index (χ3v) is 4.94. The smallest absolute Gasteiger partial charge is 0.337 e. The summed E-state index contributed by atoms with van der Waals surface area (Å²) in [6.07, 6.45) is 0.744. The maximum atomic E-state index is 12.1. The number of rotatable bonds is 14. The molecule has 0 saturated heterocycles. The van der Waals surface area contributed by atoms with Crippen molar-refractivity contribution in [1.82, 2.24) is 0 Å². The van der Waals surface area contributed by atoms with E-state index < -0.39 is 17.7 Å². The van der Waals surface area contributed by atoms with Crippen LogP contribution in [0.5, 0.6) is 0 Å². The number of esters is 2. The van der Waals surface area contributed by atoms with Crippen LogP contribution < -0.4 is 0 Å². The van der Waals surface area contributed by atoms with Gasteiger partial charge in [0.05, 0.1) is 17.9 Å². The van der Waals surface area contributed by atoms with Gasteiger partial charge in [-0.2, -0.15) is 0 Å². The molecule has 0 amide bonds. The number of carbonyl (C=O) groups is 2. The topological polar surface area (TPSA) is 91.3 Å². The average molecular weight is 394 g/mol. The van der Waals surface area contributed by atoms with E-state index in [2.05, 4.69) is 0 Å². The molecule has 0 saturated carbocycles. The zero-order chi connectivity index (χ0) is 20.2. The molecule has 0 radical (unpaired) electrons. The molecule has 0 aromatic rings. The van der Waals surface area contributed by atoms with Gasteiger partial charge >= 0.3 is 11.9 Å². The van der Waals surface area contributed by atoms with Crippen LogP contribution in [-0.2, 0) is 28.5 Å². The maximum absolute atomic E-state index is 12.1. The van der Waals surface area contributed by atoms with E-state index in [1.807, 2.05) is 20.8 Å². The summed E-state index contributed by atoms with van der Waals surface area (Å²) < 4.78 is 21.2. The second kappa shape index (κ2) is 13.4. The largest absolute Gasteiger partial charge is 0.462 e. The number of ether oxygens (including phenoxy) is 4. The number of hydrogen-bond donors (Lipinski definition) is 1. The van der Waals surface area contributed by atoms with Crippen molar-refractivity contribution in [3.8, 4) is 0 Å². The lowest BCUT2D eigenvalue weighted by molar-refractivity contribution is -0.171. The predicted octanol–water partition coefficient (Wildman–Crippen LogP) is 2.13. The number of aliphatic hydroxyl groups excluding tert-OH is 1. The summed E-state index contributed by atoms with van der Waals surface area (Å²) in [6, 6.07) is 0. The molecule has 0 aromatic heterocycles. The highest BCUT2D eigenvalue weighted by Gasteiger charge is 2.30. The van der Waals surface area contributed by atoms with Crippen LogP contribution in [0.2, 0.25) is 0 Å². The summed E-state index contributed by atoms with van der Waals surface area (Å²) >= 11 is 0. The molecule has 7 nitrogen and oxygen atoms in total. The fourth-order valence-corrected chi connectivity index (χ4v) is 2.92. The van der Waals surface area contributed by atoms with Crippen LogP contribution in [0.25, 0.3) is 0 Å². The summed E-state index contributed by atoms with van der Waals surface area (Å²) in [4.78, 5) is 23.8. The Morgan fingerprint density at radius 2 is 1.77 bits per heavy atom. The normalized spacial score (nSPS) is 15.7. The Kier molecular flexibility index (Phi) is 13.0. The average Bonchev–Trinajstić information content (AvgIpc) is 2.56. The molecule has 0 spiro atoms. The van der Waals surface area contributed by atoms with Crippen LogP contribution in [-0.4, -0.2) is 73.1 Å². The van der Waals surface area contributed by atoms with Gasteiger partial charge in [0.15, 0.2) is 5.60 Å². The van der Waals surface area contributed by atoms with Crippen molar-refractivity contribution in [3.63, 3.8) is 0 Å². The standard InChI is InChI=1S/C18H35O7P/c1-7-22-14(3)12-24-17(21)18(5,6)25-9-8-10-26-15(4)16(20)23-11-13(2)19/h13-15,19,26H,7-12H2,1-6H3. The molecule has 1 N–H and O–H groups in total. The Hall–Kier alpha value is -0.750. The molecule has 4 unspecified atom stereocenters. The van der Waals surface area contributed by atoms with E-state index in [1.54, 1.807) is 20.8 Å². The first-order chi connectivity index (χ1) is 12.1. The molecule has 0 heterocycles. The van der Waals surface area contributed by atoms with Gasteiger partial charge < -0.3 is 24.1 Å². The van der Waals surface area contributed by atoms with Gasteiger partial charge in [-0.3, -0.25) is 4.79 Å². The Bertz CT molecular complexity index is 412. The SMILES string of the molecule is CCOC(C)COC(=O)C(C)(C)OCCCPC(C)C(=O)OCC(C)O. The van der Waals surface area contributed by atoms with Crippen molar-refractivity contribution in [2.75, 3.05) is 32.6 Å². The van der Waals surface area contributed by atoms with E-state index in [1.165, 1.54) is 0 Å². The fraction of sp³-hybridized carbons (Fsp3) is 0.889. The van der Waals surface area contributed by atoms with Crippen molar-refractivity contribution in [2.24, 2.45) is 0 Å². The summed E-state index contributed by atoms with van der Waals surface area (Å²) in [5.41, 5.74) is -1.22. The zero-order valence-electron chi connectivity index (χ0n) is 16.9. The molecule has 8 heteroatoms. The van der Waals surface area contributed by atoms with E-state index in [4.69, 9.17) is 24.1 Å². The molecular formula is C18H35O7P. The van der Waals surface area contributed by atoms with Crippen molar-refractivity contribution >= 4 is 20.5 Å². The lowest BCUT2D eigenvalue weighted by Crippen LogP contribution is -2.38. The number of hydrogen-bond acceptors (Lipinski definition) is 7. The first-order valence-electron chi connectivity index (χ1n) is 9.11. The summed E-state index contributed by atoms with van der Waals surface area (Å²) in [7, 11) is 0.405. The van der Waals surface area contributed by atoms with Gasteiger partial charge in [-0.25, -0.2) is 4.79 Å². The molecule has 0 aliphatic rings. The highest BCUT2D eigenvalue weighted by atomic mass is 31.1. The van der Waals surface area contributed by atoms with Crippen LogP contribution in [0.1, 0.15) is 48.0 Å². The third-order valence-electron chi connectivity index (χ3n) is 3.45. The van der Waals surface area contributed by atoms with Crippen LogP contribution in [0.4, 0.5) is 0 Å². The van der Waals surface area contributed by atoms with Crippen molar-refractivity contribution < 1.29 is 33.6 Å². The van der Waals surface area contributed by atoms with Gasteiger partial charge in [0.1, 0.15) is 13.2 Å². The number of carbonyl (C=O) groups excluding carboxylic acids is 2. The molecule has 154 valence electrons. The summed E-state index contributed by atoms with van der Waals surface area (Å²) in [6.45, 7) is 11.7. The van der Waals surface area contributed by atoms with Gasteiger partial charge in [0.2, 0.25) is 0 Å². The van der Waals surface area contributed by atoms with Crippen LogP contribution in [0, 0.1) is 0 Å². The Morgan fingerprint density at radius 3 is 2.35 bits per heavy atom. The molecule has 0 bridgehead atoms. The molecule has 0 fully saturated rings. The zero-order valence-corrected chi connectivity index (χ0v) is 17.9. The molecule has 4 atom stereocenters. The first kappa shape index (κ1) is 25.2. The first-order valence-corrected chi connectivity index (χ1v) is 10.4. The molecule has 0 aliphatic carbocycles. The Morgan fingerprint density at radius 1 is 1.12 bits per heavy atom. The van der Waals surface area contributed by atoms with E-state index in [0.29, 0.717) is 21.8 Å². The van der Waals surface area contributed by atoms with Crippen molar-refractivity contribution in [2.45, 2.75) is 71.4 Å². The Labute approximate surface area is 158 Å². The van der Waals surface area contributed by atoms with E-state index in [9.17, 15) is 9.59 Å². The summed E-state index contributed by atoms with van der Waals surface area (Å²) in [5, 5.41) is 9.11. The minimum atomic E-state index is -1.02. The molecule has 0 rings (SSSR count). The van der Waals surface area contributed by atoms with Crippen molar-refractivity contribution in [3.05, 3.63) is 0 Å². The molecule has 0 aliphatic heterocycles. The van der Waals surface area contributed by atoms with Gasteiger partial charge in [0.25, 0.3) is 0 Å². The van der Waals surface area contributed by atoms with Gasteiger partial charge in [0, 0.05) is 13.2 Å². The van der Waals surface area contributed by atoms with Crippen LogP contribution >= 0.6 is 8.58 Å². The predicted molar refractivity (Wildman–Crippen MR) is 102 cm³/mol. The van der Waals surface area contributed by atoms with Gasteiger partial charge in [-0.05, 0) is 54.1 Å². The lowest BCUT2D eigenvalue weighted by Gasteiger charge is -2.24. The minimum Gasteiger partial charge on any atom is -0.462 e.